The van der Waals surface area contributed by atoms with Crippen molar-refractivity contribution in [3.05, 3.63) is 23.0 Å². The van der Waals surface area contributed by atoms with Gasteiger partial charge in [-0.15, -0.1) is 0 Å². The molecule has 0 aromatic carbocycles. The Morgan fingerprint density at radius 1 is 1.88 bits per heavy atom. The molecule has 2 nitrogen and oxygen atoms in total. The molecule has 1 aromatic rings. The quantitative estimate of drug-likeness (QED) is 0.568. The van der Waals surface area contributed by atoms with Gasteiger partial charge in [0.15, 0.2) is 6.29 Å². The average molecular weight is 129 g/mol. The molecule has 3 heteroatoms. The van der Waals surface area contributed by atoms with Gasteiger partial charge in [-0.2, -0.15) is 0 Å². The van der Waals surface area contributed by atoms with E-state index in [2.05, 4.69) is 11.2 Å². The lowest BCUT2D eigenvalue weighted by Gasteiger charge is -1.67. The fraction of sp³-hybridized carbons (Fsp3) is 0. The van der Waals surface area contributed by atoms with E-state index in [1.807, 2.05) is 0 Å². The zero-order valence-electron chi connectivity index (χ0n) is 3.94. The Kier molecular flexibility index (Phi) is 1.35. The summed E-state index contributed by atoms with van der Waals surface area (Å²) >= 11 is 5.39. The summed E-state index contributed by atoms with van der Waals surface area (Å²) in [5, 5.41) is 0.437. The Hall–Kier alpha value is -0.760. The summed E-state index contributed by atoms with van der Waals surface area (Å²) in [6.07, 6.45) is 3.21. The molecule has 0 spiro atoms. The van der Waals surface area contributed by atoms with Gasteiger partial charge >= 0.3 is 0 Å². The van der Waals surface area contributed by atoms with Crippen LogP contribution in [0.4, 0.5) is 0 Å². The van der Waals surface area contributed by atoms with Crippen LogP contribution in [0.25, 0.3) is 0 Å². The third-order valence-corrected chi connectivity index (χ3v) is 0.939. The molecule has 1 N–H and O–H groups in total. The molecule has 0 unspecified atom stereocenters. The van der Waals surface area contributed by atoms with Gasteiger partial charge in [0.25, 0.3) is 0 Å². The summed E-state index contributed by atoms with van der Waals surface area (Å²) in [7, 11) is 0. The second-order valence-electron chi connectivity index (χ2n) is 1.32. The highest BCUT2D eigenvalue weighted by Gasteiger charge is 1.91. The second-order valence-corrected chi connectivity index (χ2v) is 1.72. The van der Waals surface area contributed by atoms with Crippen LogP contribution in [0.15, 0.2) is 6.07 Å². The number of hydrogen-bond acceptors (Lipinski definition) is 1. The molecule has 0 aliphatic rings. The average Bonchev–Trinajstić information content (AvgIpc) is 2.14. The monoisotopic (exact) mass is 128 g/mol. The van der Waals surface area contributed by atoms with Crippen molar-refractivity contribution in [2.45, 2.75) is 0 Å². The molecule has 0 saturated carbocycles. The van der Waals surface area contributed by atoms with Crippen LogP contribution in [0.2, 0.25) is 5.15 Å². The summed E-state index contributed by atoms with van der Waals surface area (Å²) in [6, 6.07) is 1.51. The third-order valence-electron chi connectivity index (χ3n) is 0.735. The first-order valence-corrected chi connectivity index (χ1v) is 2.42. The highest BCUT2D eigenvalue weighted by molar-refractivity contribution is 6.29. The van der Waals surface area contributed by atoms with Crippen molar-refractivity contribution in [1.82, 2.24) is 4.98 Å². The molecule has 41 valence electrons. The number of hydrogen-bond donors (Lipinski definition) is 1. The molecule has 0 amide bonds. The minimum atomic E-state index is 0.437. The van der Waals surface area contributed by atoms with Gasteiger partial charge < -0.3 is 4.98 Å². The Bertz CT molecular complexity index is 194. The van der Waals surface area contributed by atoms with E-state index in [1.165, 1.54) is 6.07 Å². The minimum absolute atomic E-state index is 0.437. The van der Waals surface area contributed by atoms with Crippen molar-refractivity contribution in [1.29, 1.82) is 0 Å². The first-order valence-electron chi connectivity index (χ1n) is 2.04. The topological polar surface area (TPSA) is 32.9 Å². The van der Waals surface area contributed by atoms with E-state index in [1.54, 1.807) is 0 Å². The lowest BCUT2D eigenvalue weighted by atomic mass is 10.4. The maximum absolute atomic E-state index is 9.91. The molecule has 1 rings (SSSR count). The van der Waals surface area contributed by atoms with E-state index >= 15 is 0 Å². The van der Waals surface area contributed by atoms with Gasteiger partial charge in [-0.25, -0.2) is 0 Å². The Labute approximate surface area is 51.5 Å². The second kappa shape index (κ2) is 2.01. The lowest BCUT2D eigenvalue weighted by molar-refractivity contribution is 0.112. The molecule has 0 aliphatic carbocycles. The van der Waals surface area contributed by atoms with E-state index in [9.17, 15) is 4.79 Å². The number of carbonyl (C=O) groups excluding carboxylic acids is 1. The molecular weight excluding hydrogens is 126 g/mol. The molecule has 0 bridgehead atoms. The van der Waals surface area contributed by atoms with Crippen LogP contribution in [0, 0.1) is 6.20 Å². The minimum Gasteiger partial charge on any atom is -0.344 e. The fourth-order valence-corrected chi connectivity index (χ4v) is 0.569. The summed E-state index contributed by atoms with van der Waals surface area (Å²) in [5.41, 5.74) is 0.454. The summed E-state index contributed by atoms with van der Waals surface area (Å²) in [5.74, 6) is 0. The fourth-order valence-electron chi connectivity index (χ4n) is 0.404. The zero-order valence-corrected chi connectivity index (χ0v) is 4.70. The van der Waals surface area contributed by atoms with Crippen LogP contribution < -0.4 is 0 Å². The Morgan fingerprint density at radius 2 is 2.62 bits per heavy atom. The predicted octanol–water partition coefficient (Wildman–Crippen LogP) is 1.28. The van der Waals surface area contributed by atoms with Gasteiger partial charge in [0.2, 0.25) is 0 Å². The standard InChI is InChI=1S/C5H3ClNO/c6-5-1-4(3-8)2-7-5/h1,3,7H. The van der Waals surface area contributed by atoms with Crippen molar-refractivity contribution in [3.63, 3.8) is 0 Å². The third kappa shape index (κ3) is 0.898. The molecule has 0 saturated heterocycles. The number of H-pyrrole nitrogens is 1. The van der Waals surface area contributed by atoms with E-state index in [4.69, 9.17) is 11.6 Å². The number of carbonyl (C=O) groups is 1. The van der Waals surface area contributed by atoms with Crippen LogP contribution in [-0.2, 0) is 0 Å². The SMILES string of the molecule is O=Cc1[c][nH]c(Cl)c1. The number of aldehydes is 1. The first kappa shape index (κ1) is 5.38. The van der Waals surface area contributed by atoms with Crippen molar-refractivity contribution < 1.29 is 4.79 Å². The van der Waals surface area contributed by atoms with Crippen molar-refractivity contribution in [2.75, 3.05) is 0 Å². The van der Waals surface area contributed by atoms with Crippen LogP contribution in [0.1, 0.15) is 10.4 Å². The molecule has 0 aliphatic heterocycles. The van der Waals surface area contributed by atoms with Gasteiger partial charge in [0.05, 0.1) is 6.20 Å². The smallest absolute Gasteiger partial charge is 0.152 e. The van der Waals surface area contributed by atoms with E-state index in [0.29, 0.717) is 17.0 Å². The van der Waals surface area contributed by atoms with Crippen molar-refractivity contribution in [3.8, 4) is 0 Å². The maximum Gasteiger partial charge on any atom is 0.152 e. The molecule has 1 aromatic heterocycles. The highest BCUT2D eigenvalue weighted by Crippen LogP contribution is 2.04. The summed E-state index contributed by atoms with van der Waals surface area (Å²) < 4.78 is 0. The van der Waals surface area contributed by atoms with Crippen molar-refractivity contribution >= 4 is 17.9 Å². The van der Waals surface area contributed by atoms with E-state index < -0.39 is 0 Å². The number of nitrogens with one attached hydrogen (secondary N) is 1. The van der Waals surface area contributed by atoms with Gasteiger partial charge in [-0.3, -0.25) is 4.79 Å². The molecule has 0 atom stereocenters. The van der Waals surface area contributed by atoms with Crippen LogP contribution in [-0.4, -0.2) is 11.3 Å². The van der Waals surface area contributed by atoms with E-state index in [-0.39, 0.29) is 0 Å². The molecule has 1 radical (unpaired) electrons. The number of rotatable bonds is 1. The predicted molar refractivity (Wildman–Crippen MR) is 30.0 cm³/mol. The highest BCUT2D eigenvalue weighted by atomic mass is 35.5. The van der Waals surface area contributed by atoms with Gasteiger partial charge in [-0.1, -0.05) is 11.6 Å². The number of aromatic nitrogens is 1. The maximum atomic E-state index is 9.91. The Balaban J connectivity index is 3.00. The van der Waals surface area contributed by atoms with Crippen LogP contribution in [0.5, 0.6) is 0 Å². The molecule has 0 fully saturated rings. The Morgan fingerprint density at radius 3 is 2.88 bits per heavy atom. The van der Waals surface area contributed by atoms with Gasteiger partial charge in [0.1, 0.15) is 5.15 Å². The van der Waals surface area contributed by atoms with E-state index in [0.717, 1.165) is 0 Å². The normalized spacial score (nSPS) is 9.12. The zero-order chi connectivity index (χ0) is 5.98. The van der Waals surface area contributed by atoms with Gasteiger partial charge in [-0.05, 0) is 6.07 Å². The number of halogens is 1. The number of aromatic amines is 1. The molecule has 8 heavy (non-hydrogen) atoms. The molecule has 1 heterocycles. The largest absolute Gasteiger partial charge is 0.344 e. The van der Waals surface area contributed by atoms with Gasteiger partial charge in [0, 0.05) is 5.56 Å². The van der Waals surface area contributed by atoms with Crippen molar-refractivity contribution in [2.24, 2.45) is 0 Å². The lowest BCUT2D eigenvalue weighted by Crippen LogP contribution is -1.67. The molecular formula is C5H3ClNO. The van der Waals surface area contributed by atoms with Crippen LogP contribution in [0.3, 0.4) is 0 Å². The summed E-state index contributed by atoms with van der Waals surface area (Å²) in [6.45, 7) is 0. The first-order chi connectivity index (χ1) is 3.83. The van der Waals surface area contributed by atoms with Crippen LogP contribution >= 0.6 is 11.6 Å². The summed E-state index contributed by atoms with van der Waals surface area (Å²) in [4.78, 5) is 12.4.